The molecule has 0 N–H and O–H groups in total. The fourth-order valence-electron chi connectivity index (χ4n) is 4.42. The third kappa shape index (κ3) is 4.46. The molecule has 176 valence electrons. The highest BCUT2D eigenvalue weighted by molar-refractivity contribution is 5.96. The lowest BCUT2D eigenvalue weighted by Crippen LogP contribution is -2.47. The van der Waals surface area contributed by atoms with Gasteiger partial charge in [0.05, 0.1) is 12.2 Å². The number of aromatic nitrogens is 2. The first-order valence-corrected chi connectivity index (χ1v) is 10.9. The number of carbonyl (C=O) groups is 2. The lowest BCUT2D eigenvalue weighted by atomic mass is 9.83. The van der Waals surface area contributed by atoms with E-state index in [1.54, 1.807) is 29.2 Å². The Labute approximate surface area is 194 Å². The highest BCUT2D eigenvalue weighted by Crippen LogP contribution is 2.40. The van der Waals surface area contributed by atoms with Crippen molar-refractivity contribution in [2.75, 3.05) is 13.1 Å². The van der Waals surface area contributed by atoms with E-state index in [-0.39, 0.29) is 12.2 Å². The maximum absolute atomic E-state index is 14.2. The van der Waals surface area contributed by atoms with Gasteiger partial charge in [0.15, 0.2) is 5.69 Å². The zero-order chi connectivity index (χ0) is 24.4. The highest BCUT2D eigenvalue weighted by atomic mass is 19.1. The lowest BCUT2D eigenvalue weighted by molar-refractivity contribution is -0.132. The van der Waals surface area contributed by atoms with Gasteiger partial charge in [0, 0.05) is 25.9 Å². The summed E-state index contributed by atoms with van der Waals surface area (Å²) in [5.74, 6) is -3.23. The van der Waals surface area contributed by atoms with E-state index in [0.717, 1.165) is 13.1 Å². The van der Waals surface area contributed by atoms with Crippen LogP contribution in [0.1, 0.15) is 53.8 Å². The van der Waals surface area contributed by atoms with Gasteiger partial charge in [-0.25, -0.2) is 8.78 Å². The zero-order valence-electron chi connectivity index (χ0n) is 18.7. The van der Waals surface area contributed by atoms with Crippen LogP contribution >= 0.6 is 0 Å². The SMILES string of the molecule is CCCN1CC(C(c2cccc(F)c2)c2cccc(F)c2)n2ncc(=O)c(OC(C)=O)c2C1=O. The van der Waals surface area contributed by atoms with Crippen molar-refractivity contribution in [1.29, 1.82) is 0 Å². The second-order valence-corrected chi connectivity index (χ2v) is 8.13. The minimum absolute atomic E-state index is 0.162. The number of carbonyl (C=O) groups excluding carboxylic acids is 2. The number of ether oxygens (including phenoxy) is 1. The predicted octanol–water partition coefficient (Wildman–Crippen LogP) is 3.69. The number of esters is 1. The van der Waals surface area contributed by atoms with Gasteiger partial charge in [0.1, 0.15) is 11.6 Å². The van der Waals surface area contributed by atoms with Crippen molar-refractivity contribution in [2.45, 2.75) is 32.2 Å². The quantitative estimate of drug-likeness (QED) is 0.517. The Morgan fingerprint density at radius 2 is 1.74 bits per heavy atom. The van der Waals surface area contributed by atoms with Crippen molar-refractivity contribution in [2.24, 2.45) is 0 Å². The number of halogens is 2. The van der Waals surface area contributed by atoms with E-state index in [9.17, 15) is 23.2 Å². The van der Waals surface area contributed by atoms with Crippen LogP contribution in [-0.2, 0) is 4.79 Å². The average Bonchev–Trinajstić information content (AvgIpc) is 2.78. The molecule has 0 saturated carbocycles. The predicted molar refractivity (Wildman–Crippen MR) is 120 cm³/mol. The highest BCUT2D eigenvalue weighted by Gasteiger charge is 2.40. The molecule has 0 saturated heterocycles. The fourth-order valence-corrected chi connectivity index (χ4v) is 4.42. The van der Waals surface area contributed by atoms with Crippen LogP contribution in [0.15, 0.2) is 59.5 Å². The molecule has 3 aromatic rings. The Balaban J connectivity index is 1.98. The molecule has 7 nitrogen and oxygen atoms in total. The number of nitrogens with zero attached hydrogens (tertiary/aromatic N) is 3. The van der Waals surface area contributed by atoms with Gasteiger partial charge in [-0.2, -0.15) is 5.10 Å². The molecule has 2 heterocycles. The maximum Gasteiger partial charge on any atom is 0.308 e. The summed E-state index contributed by atoms with van der Waals surface area (Å²) in [6.07, 6.45) is 1.61. The van der Waals surface area contributed by atoms with E-state index in [4.69, 9.17) is 4.74 Å². The molecule has 0 fully saturated rings. The Morgan fingerprint density at radius 1 is 1.12 bits per heavy atom. The van der Waals surface area contributed by atoms with Crippen molar-refractivity contribution < 1.29 is 23.1 Å². The second-order valence-electron chi connectivity index (χ2n) is 8.13. The van der Waals surface area contributed by atoms with Gasteiger partial charge in [-0.3, -0.25) is 19.1 Å². The number of hydrogen-bond donors (Lipinski definition) is 0. The molecule has 1 atom stereocenters. The number of fused-ring (bicyclic) bond motifs is 1. The summed E-state index contributed by atoms with van der Waals surface area (Å²) >= 11 is 0. The first-order valence-electron chi connectivity index (χ1n) is 10.9. The Morgan fingerprint density at radius 3 is 2.26 bits per heavy atom. The standard InChI is InChI=1S/C25H23F2N3O4/c1-3-10-29-14-20(30-23(25(29)33)24(34-15(2)31)21(32)13-28-30)22(16-6-4-8-18(26)11-16)17-7-5-9-19(27)12-17/h4-9,11-13,20,22H,3,10,14H2,1-2H3. The number of rotatable bonds is 6. The van der Waals surface area contributed by atoms with Crippen LogP contribution in [0.25, 0.3) is 0 Å². The number of benzene rings is 2. The molecule has 1 unspecified atom stereocenters. The summed E-state index contributed by atoms with van der Waals surface area (Å²) in [6.45, 7) is 3.58. The van der Waals surface area contributed by atoms with Crippen LogP contribution in [0, 0.1) is 11.6 Å². The summed E-state index contributed by atoms with van der Waals surface area (Å²) in [6, 6.07) is 11.2. The van der Waals surface area contributed by atoms with E-state index in [0.29, 0.717) is 24.1 Å². The monoisotopic (exact) mass is 467 g/mol. The third-order valence-corrected chi connectivity index (χ3v) is 5.72. The molecular weight excluding hydrogens is 444 g/mol. The zero-order valence-corrected chi connectivity index (χ0v) is 18.7. The molecule has 2 aromatic carbocycles. The van der Waals surface area contributed by atoms with Crippen LogP contribution in [0.5, 0.6) is 5.75 Å². The van der Waals surface area contributed by atoms with Crippen LogP contribution in [0.3, 0.4) is 0 Å². The molecule has 1 aromatic heterocycles. The van der Waals surface area contributed by atoms with Crippen LogP contribution < -0.4 is 10.2 Å². The molecule has 1 amide bonds. The van der Waals surface area contributed by atoms with Crippen molar-refractivity contribution in [1.82, 2.24) is 14.7 Å². The molecule has 0 aliphatic carbocycles. The normalized spacial score (nSPS) is 15.4. The Kier molecular flexibility index (Phi) is 6.54. The summed E-state index contributed by atoms with van der Waals surface area (Å²) in [5, 5.41) is 4.21. The lowest BCUT2D eigenvalue weighted by Gasteiger charge is -2.39. The molecule has 0 spiro atoms. The van der Waals surface area contributed by atoms with Gasteiger partial charge in [-0.05, 0) is 41.8 Å². The van der Waals surface area contributed by atoms with E-state index in [1.807, 2.05) is 6.92 Å². The fraction of sp³-hybridized carbons (Fsp3) is 0.280. The summed E-state index contributed by atoms with van der Waals surface area (Å²) in [4.78, 5) is 39.1. The molecule has 0 radical (unpaired) electrons. The van der Waals surface area contributed by atoms with E-state index >= 15 is 0 Å². The van der Waals surface area contributed by atoms with Crippen molar-refractivity contribution in [3.8, 4) is 5.75 Å². The third-order valence-electron chi connectivity index (χ3n) is 5.72. The smallest absolute Gasteiger partial charge is 0.308 e. The molecule has 1 aliphatic rings. The van der Waals surface area contributed by atoms with Gasteiger partial charge in [0.25, 0.3) is 5.91 Å². The Bertz CT molecular complexity index is 1260. The average molecular weight is 467 g/mol. The van der Waals surface area contributed by atoms with Crippen molar-refractivity contribution in [3.63, 3.8) is 0 Å². The molecule has 9 heteroatoms. The van der Waals surface area contributed by atoms with E-state index in [1.165, 1.54) is 28.9 Å². The van der Waals surface area contributed by atoms with Crippen molar-refractivity contribution >= 4 is 11.9 Å². The number of hydrogen-bond acceptors (Lipinski definition) is 5. The molecule has 1 aliphatic heterocycles. The summed E-state index contributed by atoms with van der Waals surface area (Å²) < 4.78 is 35.0. The topological polar surface area (TPSA) is 81.5 Å². The van der Waals surface area contributed by atoms with Gasteiger partial charge >= 0.3 is 5.97 Å². The molecule has 0 bridgehead atoms. The molecule has 34 heavy (non-hydrogen) atoms. The van der Waals surface area contributed by atoms with Crippen LogP contribution in [-0.4, -0.2) is 39.6 Å². The minimum atomic E-state index is -0.755. The minimum Gasteiger partial charge on any atom is -0.420 e. The van der Waals surface area contributed by atoms with Gasteiger partial charge in [-0.1, -0.05) is 31.2 Å². The molecule has 4 rings (SSSR count). The van der Waals surface area contributed by atoms with Crippen LogP contribution in [0.4, 0.5) is 8.78 Å². The van der Waals surface area contributed by atoms with Gasteiger partial charge < -0.3 is 9.64 Å². The first-order chi connectivity index (χ1) is 16.3. The second kappa shape index (κ2) is 9.54. The Hall–Kier alpha value is -3.88. The van der Waals surface area contributed by atoms with Crippen molar-refractivity contribution in [3.05, 3.63) is 93.4 Å². The van der Waals surface area contributed by atoms with Crippen LogP contribution in [0.2, 0.25) is 0 Å². The van der Waals surface area contributed by atoms with E-state index < -0.39 is 46.6 Å². The van der Waals surface area contributed by atoms with Gasteiger partial charge in [-0.15, -0.1) is 0 Å². The van der Waals surface area contributed by atoms with E-state index in [2.05, 4.69) is 5.10 Å². The molecular formula is C25H23F2N3O4. The number of amides is 1. The summed E-state index contributed by atoms with van der Waals surface area (Å²) in [5.41, 5.74) is 0.217. The van der Waals surface area contributed by atoms with Gasteiger partial charge in [0.2, 0.25) is 11.2 Å². The summed E-state index contributed by atoms with van der Waals surface area (Å²) in [7, 11) is 0. The maximum atomic E-state index is 14.2. The largest absolute Gasteiger partial charge is 0.420 e. The first kappa shape index (κ1) is 23.3.